The van der Waals surface area contributed by atoms with E-state index in [1.54, 1.807) is 13.8 Å². The molecule has 0 saturated heterocycles. The first-order valence-electron chi connectivity index (χ1n) is 11.4. The molecule has 9 nitrogen and oxygen atoms in total. The molecule has 1 aromatic heterocycles. The van der Waals surface area contributed by atoms with E-state index in [1.165, 1.54) is 0 Å². The van der Waals surface area contributed by atoms with E-state index >= 15 is 0 Å². The smallest absolute Gasteiger partial charge is 0.249 e. The standard InChI is InChI=1S/C23H37N5O4/c1-14(2)17(29)20(31)25-15-11-9-7-8-10-12-28(6)22-16(13-24)26-21(32-22)18(23(3,4)5)27-19(15)30/h14-15,17-18,29H,7-12H2,1-6H3,(H,25,31)(H,27,30)/t15-,17-,18+/m0/s1. The van der Waals surface area contributed by atoms with Crippen molar-refractivity contribution >= 4 is 17.7 Å². The number of aromatic nitrogens is 1. The van der Waals surface area contributed by atoms with E-state index in [1.807, 2.05) is 32.7 Å². The molecule has 2 heterocycles. The Kier molecular flexibility index (Phi) is 8.67. The van der Waals surface area contributed by atoms with E-state index in [0.29, 0.717) is 12.3 Å². The maximum atomic E-state index is 13.3. The third-order valence-corrected chi connectivity index (χ3v) is 5.75. The third kappa shape index (κ3) is 6.45. The first-order chi connectivity index (χ1) is 15.0. The molecule has 0 saturated carbocycles. The lowest BCUT2D eigenvalue weighted by molar-refractivity contribution is -0.136. The summed E-state index contributed by atoms with van der Waals surface area (Å²) < 4.78 is 5.99. The van der Waals surface area contributed by atoms with Crippen molar-refractivity contribution < 1.29 is 19.1 Å². The molecule has 0 unspecified atom stereocenters. The summed E-state index contributed by atoms with van der Waals surface area (Å²) in [6, 6.07) is 0.696. The number of hydrogen-bond acceptors (Lipinski definition) is 7. The summed E-state index contributed by atoms with van der Waals surface area (Å²) in [5.41, 5.74) is -0.280. The molecule has 0 spiro atoms. The van der Waals surface area contributed by atoms with Crippen LogP contribution in [0.2, 0.25) is 0 Å². The number of oxazole rings is 1. The van der Waals surface area contributed by atoms with Gasteiger partial charge in [0.05, 0.1) is 0 Å². The monoisotopic (exact) mass is 447 g/mol. The Morgan fingerprint density at radius 1 is 1.31 bits per heavy atom. The van der Waals surface area contributed by atoms with Crippen molar-refractivity contribution in [1.82, 2.24) is 15.6 Å². The first-order valence-corrected chi connectivity index (χ1v) is 11.4. The fourth-order valence-corrected chi connectivity index (χ4v) is 3.66. The van der Waals surface area contributed by atoms with Gasteiger partial charge in [0.25, 0.3) is 0 Å². The third-order valence-electron chi connectivity index (χ3n) is 5.75. The Morgan fingerprint density at radius 2 is 1.97 bits per heavy atom. The van der Waals surface area contributed by atoms with Crippen LogP contribution in [0.3, 0.4) is 0 Å². The van der Waals surface area contributed by atoms with Crippen LogP contribution in [-0.2, 0) is 9.59 Å². The van der Waals surface area contributed by atoms with Gasteiger partial charge in [-0.25, -0.2) is 0 Å². The zero-order valence-corrected chi connectivity index (χ0v) is 20.1. The average molecular weight is 448 g/mol. The summed E-state index contributed by atoms with van der Waals surface area (Å²) in [6.07, 6.45) is 2.79. The lowest BCUT2D eigenvalue weighted by atomic mass is 9.86. The van der Waals surface area contributed by atoms with Crippen molar-refractivity contribution in [1.29, 1.82) is 5.26 Å². The first kappa shape index (κ1) is 25.7. The molecular formula is C23H37N5O4. The maximum absolute atomic E-state index is 13.3. The molecule has 0 aliphatic carbocycles. The highest BCUT2D eigenvalue weighted by atomic mass is 16.4. The lowest BCUT2D eigenvalue weighted by Crippen LogP contribution is -2.52. The number of carbonyl (C=O) groups excluding carboxylic acids is 2. The van der Waals surface area contributed by atoms with E-state index in [2.05, 4.69) is 21.7 Å². The number of hydrogen-bond donors (Lipinski definition) is 3. The summed E-state index contributed by atoms with van der Waals surface area (Å²) in [7, 11) is 1.87. The Morgan fingerprint density at radius 3 is 2.56 bits per heavy atom. The Labute approximate surface area is 190 Å². The van der Waals surface area contributed by atoms with Crippen LogP contribution >= 0.6 is 0 Å². The summed E-state index contributed by atoms with van der Waals surface area (Å²) in [5, 5.41) is 25.4. The predicted molar refractivity (Wildman–Crippen MR) is 121 cm³/mol. The van der Waals surface area contributed by atoms with E-state index < -0.39 is 29.5 Å². The molecule has 1 aromatic rings. The maximum Gasteiger partial charge on any atom is 0.249 e. The van der Waals surface area contributed by atoms with E-state index in [4.69, 9.17) is 4.42 Å². The number of carbonyl (C=O) groups is 2. The van der Waals surface area contributed by atoms with Gasteiger partial charge in [-0.2, -0.15) is 10.2 Å². The minimum atomic E-state index is -1.18. The zero-order chi connectivity index (χ0) is 24.1. The molecule has 9 heteroatoms. The average Bonchev–Trinajstić information content (AvgIpc) is 3.14. The number of aliphatic hydroxyl groups excluding tert-OH is 1. The highest BCUT2D eigenvalue weighted by Gasteiger charge is 2.36. The van der Waals surface area contributed by atoms with Crippen molar-refractivity contribution in [3.05, 3.63) is 11.6 Å². The molecule has 3 N–H and O–H groups in total. The molecule has 0 radical (unpaired) electrons. The van der Waals surface area contributed by atoms with Gasteiger partial charge in [0.15, 0.2) is 0 Å². The van der Waals surface area contributed by atoms with Crippen LogP contribution in [0.25, 0.3) is 0 Å². The van der Waals surface area contributed by atoms with Crippen LogP contribution in [-0.4, -0.2) is 47.6 Å². The molecule has 3 atom stereocenters. The summed E-state index contributed by atoms with van der Waals surface area (Å²) in [5.74, 6) is -0.522. The number of nitrogens with zero attached hydrogens (tertiary/aromatic N) is 3. The number of rotatable bonds is 3. The molecule has 0 aromatic carbocycles. The van der Waals surface area contributed by atoms with Gasteiger partial charge in [0.2, 0.25) is 29.3 Å². The number of amides is 2. The molecule has 32 heavy (non-hydrogen) atoms. The number of fused-ring (bicyclic) bond motifs is 2. The van der Waals surface area contributed by atoms with Gasteiger partial charge < -0.3 is 25.1 Å². The Hall–Kier alpha value is -2.60. The van der Waals surface area contributed by atoms with Gasteiger partial charge in [0, 0.05) is 13.6 Å². The van der Waals surface area contributed by atoms with Gasteiger partial charge in [-0.15, -0.1) is 0 Å². The molecular weight excluding hydrogens is 410 g/mol. The van der Waals surface area contributed by atoms with Crippen LogP contribution in [0, 0.1) is 22.7 Å². The second-order valence-corrected chi connectivity index (χ2v) is 10.00. The summed E-state index contributed by atoms with van der Waals surface area (Å²) >= 11 is 0. The lowest BCUT2D eigenvalue weighted by Gasteiger charge is -2.31. The minimum absolute atomic E-state index is 0.186. The van der Waals surface area contributed by atoms with Crippen LogP contribution in [0.15, 0.2) is 4.42 Å². The van der Waals surface area contributed by atoms with Crippen molar-refractivity contribution in [3.63, 3.8) is 0 Å². The molecule has 1 aliphatic rings. The fraction of sp³-hybridized carbons (Fsp3) is 0.739. The topological polar surface area (TPSA) is 131 Å². The van der Waals surface area contributed by atoms with E-state index in [0.717, 1.165) is 32.2 Å². The number of anilines is 1. The van der Waals surface area contributed by atoms with E-state index in [-0.39, 0.29) is 23.4 Å². The highest BCUT2D eigenvalue weighted by Crippen LogP contribution is 2.35. The van der Waals surface area contributed by atoms with Crippen molar-refractivity contribution in [2.75, 3.05) is 18.5 Å². The van der Waals surface area contributed by atoms with Gasteiger partial charge in [-0.1, -0.05) is 53.9 Å². The molecule has 2 amide bonds. The fourth-order valence-electron chi connectivity index (χ4n) is 3.66. The number of nitriles is 1. The highest BCUT2D eigenvalue weighted by molar-refractivity contribution is 5.89. The van der Waals surface area contributed by atoms with Gasteiger partial charge in [-0.3, -0.25) is 9.59 Å². The molecule has 178 valence electrons. The largest absolute Gasteiger partial charge is 0.421 e. The number of nitrogens with one attached hydrogen (secondary N) is 2. The summed E-state index contributed by atoms with van der Waals surface area (Å²) in [6.45, 7) is 10.0. The second-order valence-electron chi connectivity index (χ2n) is 10.00. The van der Waals surface area contributed by atoms with Crippen molar-refractivity contribution in [2.45, 2.75) is 84.9 Å². The Bertz CT molecular complexity index is 836. The molecule has 2 bridgehead atoms. The molecule has 1 aliphatic heterocycles. The van der Waals surface area contributed by atoms with Gasteiger partial charge in [0.1, 0.15) is 24.3 Å². The van der Waals surface area contributed by atoms with Crippen LogP contribution in [0.4, 0.5) is 5.88 Å². The van der Waals surface area contributed by atoms with Crippen molar-refractivity contribution in [2.24, 2.45) is 11.3 Å². The molecule has 0 fully saturated rings. The van der Waals surface area contributed by atoms with Crippen LogP contribution < -0.4 is 15.5 Å². The van der Waals surface area contributed by atoms with Crippen LogP contribution in [0.5, 0.6) is 0 Å². The van der Waals surface area contributed by atoms with Gasteiger partial charge in [-0.05, 0) is 24.2 Å². The van der Waals surface area contributed by atoms with E-state index in [9.17, 15) is 20.0 Å². The zero-order valence-electron chi connectivity index (χ0n) is 20.1. The minimum Gasteiger partial charge on any atom is -0.421 e. The Balaban J connectivity index is 2.39. The summed E-state index contributed by atoms with van der Waals surface area (Å²) in [4.78, 5) is 32.0. The predicted octanol–water partition coefficient (Wildman–Crippen LogP) is 2.65. The molecule has 2 rings (SSSR count). The van der Waals surface area contributed by atoms with Gasteiger partial charge >= 0.3 is 0 Å². The van der Waals surface area contributed by atoms with Crippen molar-refractivity contribution in [3.8, 4) is 6.07 Å². The quantitative estimate of drug-likeness (QED) is 0.649. The number of aliphatic hydroxyl groups is 1. The SMILES string of the molecule is CC(C)[C@H](O)C(=O)N[C@H]1CCCCCCN(C)c2oc(nc2C#N)[C@H](C(C)(C)C)NC1=O. The normalized spacial score (nSPS) is 22.0. The second kappa shape index (κ2) is 10.8. The van der Waals surface area contributed by atoms with Crippen LogP contribution in [0.1, 0.15) is 84.3 Å².